The van der Waals surface area contributed by atoms with Crippen LogP contribution < -0.4 is 10.2 Å². The molecule has 0 bridgehead atoms. The van der Waals surface area contributed by atoms with Crippen molar-refractivity contribution in [1.29, 1.82) is 0 Å². The van der Waals surface area contributed by atoms with Crippen LogP contribution in [0.1, 0.15) is 18.1 Å². The van der Waals surface area contributed by atoms with Crippen molar-refractivity contribution < 1.29 is 9.72 Å². The number of aryl methyl sites for hydroxylation is 1. The Morgan fingerprint density at radius 2 is 2.08 bits per heavy atom. The molecule has 0 aromatic heterocycles. The van der Waals surface area contributed by atoms with E-state index < -0.39 is 4.92 Å². The van der Waals surface area contributed by atoms with Crippen LogP contribution in [-0.2, 0) is 11.2 Å². The summed E-state index contributed by atoms with van der Waals surface area (Å²) in [7, 11) is 0. The van der Waals surface area contributed by atoms with Crippen molar-refractivity contribution in [3.05, 3.63) is 63.7 Å². The van der Waals surface area contributed by atoms with Crippen molar-refractivity contribution in [3.8, 4) is 0 Å². The molecule has 6 heteroatoms. The molecule has 24 heavy (non-hydrogen) atoms. The van der Waals surface area contributed by atoms with Gasteiger partial charge in [-0.05, 0) is 43.5 Å². The lowest BCUT2D eigenvalue weighted by Gasteiger charge is -2.24. The highest BCUT2D eigenvalue weighted by Crippen LogP contribution is 2.31. The largest absolute Gasteiger partial charge is 0.359 e. The van der Waals surface area contributed by atoms with Gasteiger partial charge in [0.25, 0.3) is 5.69 Å². The molecule has 6 nitrogen and oxygen atoms in total. The first-order valence-electron chi connectivity index (χ1n) is 7.85. The van der Waals surface area contributed by atoms with E-state index in [-0.39, 0.29) is 24.2 Å². The van der Waals surface area contributed by atoms with E-state index in [1.807, 2.05) is 18.2 Å². The number of benzene rings is 2. The molecule has 0 fully saturated rings. The van der Waals surface area contributed by atoms with Crippen LogP contribution in [-0.4, -0.2) is 23.4 Å². The molecule has 0 aliphatic carbocycles. The molecule has 2 aromatic rings. The zero-order valence-corrected chi connectivity index (χ0v) is 13.7. The molecule has 1 amide bonds. The summed E-state index contributed by atoms with van der Waals surface area (Å²) in [5.74, 6) is -0.129. The van der Waals surface area contributed by atoms with E-state index in [0.717, 1.165) is 12.1 Å². The first kappa shape index (κ1) is 16.0. The van der Waals surface area contributed by atoms with E-state index in [9.17, 15) is 14.9 Å². The number of nitro groups is 1. The number of nitro benzene ring substituents is 1. The molecular formula is C18H19N3O3. The highest BCUT2D eigenvalue weighted by molar-refractivity contribution is 5.95. The smallest absolute Gasteiger partial charge is 0.269 e. The van der Waals surface area contributed by atoms with Gasteiger partial charge in [-0.2, -0.15) is 0 Å². The average Bonchev–Trinajstić information content (AvgIpc) is 2.85. The lowest BCUT2D eigenvalue weighted by atomic mass is 10.1. The fourth-order valence-corrected chi connectivity index (χ4v) is 3.12. The lowest BCUT2D eigenvalue weighted by Crippen LogP contribution is -2.37. The van der Waals surface area contributed by atoms with Gasteiger partial charge in [0, 0.05) is 29.5 Å². The number of carbonyl (C=O) groups excluding carboxylic acids is 1. The Balaban J connectivity index is 1.71. The van der Waals surface area contributed by atoms with Crippen molar-refractivity contribution in [2.24, 2.45) is 0 Å². The third kappa shape index (κ3) is 3.08. The minimum Gasteiger partial charge on any atom is -0.359 e. The summed E-state index contributed by atoms with van der Waals surface area (Å²) in [6, 6.07) is 12.8. The van der Waals surface area contributed by atoms with Gasteiger partial charge >= 0.3 is 0 Å². The predicted octanol–water partition coefficient (Wildman–Crippen LogP) is 3.29. The second-order valence-corrected chi connectivity index (χ2v) is 6.11. The van der Waals surface area contributed by atoms with E-state index in [0.29, 0.717) is 11.3 Å². The summed E-state index contributed by atoms with van der Waals surface area (Å²) in [4.78, 5) is 24.8. The molecule has 3 rings (SSSR count). The summed E-state index contributed by atoms with van der Waals surface area (Å²) in [5.41, 5.74) is 3.65. The van der Waals surface area contributed by atoms with Gasteiger partial charge in [0.05, 0.1) is 11.5 Å². The number of para-hydroxylation sites is 1. The van der Waals surface area contributed by atoms with E-state index >= 15 is 0 Å². The molecule has 1 aliphatic rings. The number of non-ortho nitro benzene ring substituents is 1. The van der Waals surface area contributed by atoms with Gasteiger partial charge in [0.15, 0.2) is 0 Å². The molecule has 0 saturated carbocycles. The van der Waals surface area contributed by atoms with Gasteiger partial charge in [-0.3, -0.25) is 14.9 Å². The number of carbonyl (C=O) groups is 1. The van der Waals surface area contributed by atoms with Crippen molar-refractivity contribution in [2.75, 3.05) is 16.8 Å². The van der Waals surface area contributed by atoms with Gasteiger partial charge in [0.2, 0.25) is 5.91 Å². The monoisotopic (exact) mass is 325 g/mol. The Labute approximate surface area is 140 Å². The molecule has 0 radical (unpaired) electrons. The van der Waals surface area contributed by atoms with Gasteiger partial charge < -0.3 is 10.2 Å². The highest BCUT2D eigenvalue weighted by Gasteiger charge is 2.27. The summed E-state index contributed by atoms with van der Waals surface area (Å²) in [6.45, 7) is 4.11. The lowest BCUT2D eigenvalue weighted by molar-refractivity contribution is -0.384. The number of rotatable bonds is 4. The Morgan fingerprint density at radius 1 is 1.33 bits per heavy atom. The van der Waals surface area contributed by atoms with Gasteiger partial charge in [-0.25, -0.2) is 0 Å². The molecule has 1 N–H and O–H groups in total. The molecule has 1 atom stereocenters. The molecular weight excluding hydrogens is 306 g/mol. The second kappa shape index (κ2) is 6.31. The van der Waals surface area contributed by atoms with E-state index in [4.69, 9.17) is 0 Å². The van der Waals surface area contributed by atoms with Crippen LogP contribution >= 0.6 is 0 Å². The first-order valence-corrected chi connectivity index (χ1v) is 7.85. The van der Waals surface area contributed by atoms with Crippen molar-refractivity contribution in [3.63, 3.8) is 0 Å². The van der Waals surface area contributed by atoms with E-state index in [1.54, 1.807) is 13.0 Å². The number of hydrogen-bond donors (Lipinski definition) is 1. The van der Waals surface area contributed by atoms with Crippen LogP contribution in [0.5, 0.6) is 0 Å². The summed E-state index contributed by atoms with van der Waals surface area (Å²) < 4.78 is 0. The minimum atomic E-state index is -0.443. The highest BCUT2D eigenvalue weighted by atomic mass is 16.6. The molecule has 1 aliphatic heterocycles. The maximum absolute atomic E-state index is 12.4. The maximum Gasteiger partial charge on any atom is 0.269 e. The van der Waals surface area contributed by atoms with Crippen LogP contribution in [0.15, 0.2) is 42.5 Å². The average molecular weight is 325 g/mol. The Hall–Kier alpha value is -2.89. The normalized spacial score (nSPS) is 15.9. The Kier molecular flexibility index (Phi) is 4.20. The van der Waals surface area contributed by atoms with E-state index in [2.05, 4.69) is 23.2 Å². The molecule has 2 aromatic carbocycles. The predicted molar refractivity (Wildman–Crippen MR) is 93.4 cm³/mol. The standard InChI is InChI=1S/C18H19N3O3/c1-12-9-15(21(23)24)7-8-16(12)19-18(22)11-20-13(2)10-14-5-3-4-6-17(14)20/h3-9,13H,10-11H2,1-2H3,(H,19,22). The Morgan fingerprint density at radius 3 is 2.79 bits per heavy atom. The quantitative estimate of drug-likeness (QED) is 0.691. The zero-order chi connectivity index (χ0) is 17.3. The number of anilines is 2. The zero-order valence-electron chi connectivity index (χ0n) is 13.7. The van der Waals surface area contributed by atoms with Crippen LogP contribution in [0.4, 0.5) is 17.1 Å². The van der Waals surface area contributed by atoms with Crippen LogP contribution in [0.25, 0.3) is 0 Å². The minimum absolute atomic E-state index is 0.0209. The fourth-order valence-electron chi connectivity index (χ4n) is 3.12. The van der Waals surface area contributed by atoms with Crippen LogP contribution in [0, 0.1) is 17.0 Å². The Bertz CT molecular complexity index is 804. The van der Waals surface area contributed by atoms with Gasteiger partial charge in [-0.1, -0.05) is 18.2 Å². The second-order valence-electron chi connectivity index (χ2n) is 6.11. The molecule has 124 valence electrons. The first-order chi connectivity index (χ1) is 11.5. The number of amides is 1. The van der Waals surface area contributed by atoms with Gasteiger partial charge in [0.1, 0.15) is 0 Å². The molecule has 0 spiro atoms. The summed E-state index contributed by atoms with van der Waals surface area (Å²) in [6.07, 6.45) is 0.931. The molecule has 1 unspecified atom stereocenters. The van der Waals surface area contributed by atoms with Gasteiger partial charge in [-0.15, -0.1) is 0 Å². The summed E-state index contributed by atoms with van der Waals surface area (Å²) >= 11 is 0. The third-order valence-corrected chi connectivity index (χ3v) is 4.36. The van der Waals surface area contributed by atoms with Crippen molar-refractivity contribution >= 4 is 23.0 Å². The fraction of sp³-hybridized carbons (Fsp3) is 0.278. The maximum atomic E-state index is 12.4. The van der Waals surface area contributed by atoms with Crippen LogP contribution in [0.3, 0.4) is 0 Å². The van der Waals surface area contributed by atoms with E-state index in [1.165, 1.54) is 17.7 Å². The topological polar surface area (TPSA) is 75.5 Å². The number of nitrogens with zero attached hydrogens (tertiary/aromatic N) is 2. The van der Waals surface area contributed by atoms with Crippen molar-refractivity contribution in [1.82, 2.24) is 0 Å². The van der Waals surface area contributed by atoms with Crippen LogP contribution in [0.2, 0.25) is 0 Å². The third-order valence-electron chi connectivity index (χ3n) is 4.36. The number of hydrogen-bond acceptors (Lipinski definition) is 4. The van der Waals surface area contributed by atoms with Crippen molar-refractivity contribution in [2.45, 2.75) is 26.3 Å². The number of fused-ring (bicyclic) bond motifs is 1. The molecule has 1 heterocycles. The molecule has 0 saturated heterocycles. The summed E-state index contributed by atoms with van der Waals surface area (Å²) in [5, 5.41) is 13.6. The SMILES string of the molecule is Cc1cc([N+](=O)[O-])ccc1NC(=O)CN1c2ccccc2CC1C. The number of nitrogens with one attached hydrogen (secondary N) is 1.